The van der Waals surface area contributed by atoms with E-state index in [0.717, 1.165) is 31.2 Å². The molecule has 24 heavy (non-hydrogen) atoms. The van der Waals surface area contributed by atoms with E-state index < -0.39 is 9.84 Å². The highest BCUT2D eigenvalue weighted by Gasteiger charge is 2.40. The molecule has 0 radical (unpaired) electrons. The zero-order valence-corrected chi connectivity index (χ0v) is 14.6. The fourth-order valence-corrected chi connectivity index (χ4v) is 4.31. The van der Waals surface area contributed by atoms with Crippen LogP contribution in [-0.2, 0) is 26.9 Å². The van der Waals surface area contributed by atoms with E-state index in [0.29, 0.717) is 5.56 Å². The quantitative estimate of drug-likeness (QED) is 0.761. The number of hydrogen-bond acceptors (Lipinski definition) is 4. The predicted octanol–water partition coefficient (Wildman–Crippen LogP) is 1.94. The van der Waals surface area contributed by atoms with Crippen LogP contribution in [-0.4, -0.2) is 49.0 Å². The first-order valence-electron chi connectivity index (χ1n) is 8.20. The molecule has 0 unspecified atom stereocenters. The van der Waals surface area contributed by atoms with Crippen LogP contribution in [0, 0.1) is 0 Å². The Hall–Kier alpha value is -1.89. The summed E-state index contributed by atoms with van der Waals surface area (Å²) in [6.45, 7) is 0.352. The Bertz CT molecular complexity index is 754. The Kier molecular flexibility index (Phi) is 4.62. The van der Waals surface area contributed by atoms with Gasteiger partial charge in [0.1, 0.15) is 6.54 Å². The number of benzene rings is 1. The van der Waals surface area contributed by atoms with Crippen molar-refractivity contribution in [2.45, 2.75) is 44.0 Å². The van der Waals surface area contributed by atoms with Gasteiger partial charge in [-0.2, -0.15) is 0 Å². The lowest BCUT2D eigenvalue weighted by Crippen LogP contribution is -2.37. The smallest absolute Gasteiger partial charge is 0.312 e. The molecule has 130 valence electrons. The zero-order chi connectivity index (χ0) is 17.3. The second-order valence-corrected chi connectivity index (χ2v) is 8.86. The van der Waals surface area contributed by atoms with E-state index in [9.17, 15) is 18.0 Å². The van der Waals surface area contributed by atoms with Gasteiger partial charge in [0.15, 0.2) is 9.84 Å². The molecule has 7 heteroatoms. The molecule has 0 bridgehead atoms. The standard InChI is InChI=1S/C17H22N2O4S/c1-24(22,23)12-14-6-4-5-13(9-14)10-19-16(20)11-18(17(19)21)15-7-2-3-8-15/h4-6,9,15H,2-3,7-8,10-12H2,1H3. The van der Waals surface area contributed by atoms with Crippen molar-refractivity contribution in [2.75, 3.05) is 12.8 Å². The highest BCUT2D eigenvalue weighted by atomic mass is 32.2. The fraction of sp³-hybridized carbons (Fsp3) is 0.529. The average Bonchev–Trinajstić information content (AvgIpc) is 3.09. The van der Waals surface area contributed by atoms with Gasteiger partial charge in [-0.1, -0.05) is 37.1 Å². The molecular formula is C17H22N2O4S. The SMILES string of the molecule is CS(=O)(=O)Cc1cccc(CN2C(=O)CN(C3CCCC3)C2=O)c1. The third-order valence-corrected chi connectivity index (χ3v) is 5.47. The molecule has 6 nitrogen and oxygen atoms in total. The molecule has 2 fully saturated rings. The molecule has 1 saturated heterocycles. The van der Waals surface area contributed by atoms with Crippen LogP contribution in [0.5, 0.6) is 0 Å². The van der Waals surface area contributed by atoms with Crippen LogP contribution in [0.1, 0.15) is 36.8 Å². The van der Waals surface area contributed by atoms with Gasteiger partial charge in [-0.05, 0) is 24.0 Å². The normalized spacial score (nSPS) is 19.5. The van der Waals surface area contributed by atoms with Crippen molar-refractivity contribution in [3.05, 3.63) is 35.4 Å². The number of amides is 3. The molecule has 1 aromatic rings. The minimum atomic E-state index is -3.12. The topological polar surface area (TPSA) is 74.8 Å². The van der Waals surface area contributed by atoms with Crippen LogP contribution in [0.15, 0.2) is 24.3 Å². The second-order valence-electron chi connectivity index (χ2n) is 6.72. The van der Waals surface area contributed by atoms with Crippen molar-refractivity contribution in [2.24, 2.45) is 0 Å². The number of urea groups is 1. The van der Waals surface area contributed by atoms with Gasteiger partial charge in [-0.3, -0.25) is 9.69 Å². The number of nitrogens with zero attached hydrogens (tertiary/aromatic N) is 2. The summed E-state index contributed by atoms with van der Waals surface area (Å²) in [5, 5.41) is 0. The predicted molar refractivity (Wildman–Crippen MR) is 89.9 cm³/mol. The van der Waals surface area contributed by atoms with E-state index in [-0.39, 0.29) is 36.8 Å². The zero-order valence-electron chi connectivity index (χ0n) is 13.8. The Morgan fingerprint density at radius 2 is 1.79 bits per heavy atom. The molecule has 1 saturated carbocycles. The highest BCUT2D eigenvalue weighted by Crippen LogP contribution is 2.27. The van der Waals surface area contributed by atoms with E-state index in [1.165, 1.54) is 11.2 Å². The third kappa shape index (κ3) is 3.77. The summed E-state index contributed by atoms with van der Waals surface area (Å²) >= 11 is 0. The molecule has 0 spiro atoms. The minimum Gasteiger partial charge on any atom is -0.312 e. The maximum absolute atomic E-state index is 12.6. The van der Waals surface area contributed by atoms with Crippen molar-refractivity contribution in [3.8, 4) is 0 Å². The van der Waals surface area contributed by atoms with Crippen LogP contribution >= 0.6 is 0 Å². The van der Waals surface area contributed by atoms with E-state index in [4.69, 9.17) is 0 Å². The molecule has 0 atom stereocenters. The highest BCUT2D eigenvalue weighted by molar-refractivity contribution is 7.89. The molecule has 0 N–H and O–H groups in total. The average molecular weight is 350 g/mol. The van der Waals surface area contributed by atoms with Gasteiger partial charge >= 0.3 is 6.03 Å². The van der Waals surface area contributed by atoms with Gasteiger partial charge in [0, 0.05) is 12.3 Å². The van der Waals surface area contributed by atoms with Gasteiger partial charge < -0.3 is 4.90 Å². The number of carbonyl (C=O) groups is 2. The number of carbonyl (C=O) groups excluding carboxylic acids is 2. The van der Waals surface area contributed by atoms with E-state index in [2.05, 4.69) is 0 Å². The van der Waals surface area contributed by atoms with Gasteiger partial charge in [-0.15, -0.1) is 0 Å². The molecule has 2 aliphatic rings. The molecular weight excluding hydrogens is 328 g/mol. The van der Waals surface area contributed by atoms with Crippen LogP contribution < -0.4 is 0 Å². The lowest BCUT2D eigenvalue weighted by Gasteiger charge is -2.23. The van der Waals surface area contributed by atoms with Crippen LogP contribution in [0.4, 0.5) is 4.79 Å². The molecule has 1 aromatic carbocycles. The van der Waals surface area contributed by atoms with Crippen LogP contribution in [0.3, 0.4) is 0 Å². The Labute approximate surface area is 142 Å². The summed E-state index contributed by atoms with van der Waals surface area (Å²) in [5.41, 5.74) is 1.44. The van der Waals surface area contributed by atoms with Crippen LogP contribution in [0.25, 0.3) is 0 Å². The van der Waals surface area contributed by atoms with Gasteiger partial charge in [-0.25, -0.2) is 13.2 Å². The second kappa shape index (κ2) is 6.55. The van der Waals surface area contributed by atoms with Crippen molar-refractivity contribution < 1.29 is 18.0 Å². The summed E-state index contributed by atoms with van der Waals surface area (Å²) in [6.07, 6.45) is 5.34. The first-order chi connectivity index (χ1) is 11.3. The van der Waals surface area contributed by atoms with Gasteiger partial charge in [0.05, 0.1) is 12.3 Å². The number of imide groups is 1. The van der Waals surface area contributed by atoms with Crippen molar-refractivity contribution in [1.29, 1.82) is 0 Å². The number of rotatable bonds is 5. The summed E-state index contributed by atoms with van der Waals surface area (Å²) in [5.74, 6) is -0.225. The van der Waals surface area contributed by atoms with Crippen LogP contribution in [0.2, 0.25) is 0 Å². The molecule has 3 rings (SSSR count). The Morgan fingerprint density at radius 3 is 2.46 bits per heavy atom. The Morgan fingerprint density at radius 1 is 1.12 bits per heavy atom. The van der Waals surface area contributed by atoms with E-state index in [1.807, 2.05) is 6.07 Å². The summed E-state index contributed by atoms with van der Waals surface area (Å²) in [4.78, 5) is 27.8. The van der Waals surface area contributed by atoms with Gasteiger partial charge in [0.25, 0.3) is 5.91 Å². The minimum absolute atomic E-state index is 0.0447. The summed E-state index contributed by atoms with van der Waals surface area (Å²) in [7, 11) is -3.12. The number of hydrogen-bond donors (Lipinski definition) is 0. The Balaban J connectivity index is 1.72. The summed E-state index contributed by atoms with van der Waals surface area (Å²) < 4.78 is 22.9. The van der Waals surface area contributed by atoms with E-state index in [1.54, 1.807) is 23.1 Å². The maximum atomic E-state index is 12.6. The third-order valence-electron chi connectivity index (χ3n) is 4.61. The monoisotopic (exact) mass is 350 g/mol. The van der Waals surface area contributed by atoms with Crippen molar-refractivity contribution in [3.63, 3.8) is 0 Å². The molecule has 1 aliphatic carbocycles. The first kappa shape index (κ1) is 17.0. The lowest BCUT2D eigenvalue weighted by atomic mass is 10.1. The van der Waals surface area contributed by atoms with Crippen molar-refractivity contribution in [1.82, 2.24) is 9.80 Å². The largest absolute Gasteiger partial charge is 0.327 e. The van der Waals surface area contributed by atoms with Gasteiger partial charge in [0.2, 0.25) is 0 Å². The molecule has 3 amide bonds. The lowest BCUT2D eigenvalue weighted by molar-refractivity contribution is -0.125. The molecule has 1 heterocycles. The molecule has 0 aromatic heterocycles. The maximum Gasteiger partial charge on any atom is 0.327 e. The van der Waals surface area contributed by atoms with E-state index >= 15 is 0 Å². The van der Waals surface area contributed by atoms with Crippen molar-refractivity contribution >= 4 is 21.8 Å². The fourth-order valence-electron chi connectivity index (χ4n) is 3.52. The number of sulfone groups is 1. The first-order valence-corrected chi connectivity index (χ1v) is 10.3. The summed E-state index contributed by atoms with van der Waals surface area (Å²) in [6, 6.07) is 7.02. The molecule has 1 aliphatic heterocycles.